The van der Waals surface area contributed by atoms with Crippen molar-refractivity contribution in [1.29, 1.82) is 0 Å². The Morgan fingerprint density at radius 1 is 0.867 bits per heavy atom. The first-order valence-corrected chi connectivity index (χ1v) is 12.1. The summed E-state index contributed by atoms with van der Waals surface area (Å²) in [5, 5.41) is 0. The van der Waals surface area contributed by atoms with Crippen molar-refractivity contribution in [2.75, 3.05) is 0 Å². The van der Waals surface area contributed by atoms with Gasteiger partial charge in [0.2, 0.25) is 0 Å². The molecule has 0 aromatic heterocycles. The first kappa shape index (κ1) is 29.1. The summed E-state index contributed by atoms with van der Waals surface area (Å²) in [7, 11) is 0. The molecule has 0 atom stereocenters. The molecule has 30 heavy (non-hydrogen) atoms. The van der Waals surface area contributed by atoms with Crippen molar-refractivity contribution < 1.29 is 48.7 Å². The summed E-state index contributed by atoms with van der Waals surface area (Å²) in [5.41, 5.74) is 5.51. The Labute approximate surface area is 210 Å². The summed E-state index contributed by atoms with van der Waals surface area (Å²) in [6, 6.07) is 28.1. The van der Waals surface area contributed by atoms with Gasteiger partial charge in [0.05, 0.1) is 0 Å². The van der Waals surface area contributed by atoms with Crippen LogP contribution >= 0.6 is 0 Å². The van der Waals surface area contributed by atoms with Gasteiger partial charge in [0, 0.05) is 0 Å². The second-order valence-corrected chi connectivity index (χ2v) is 10.7. The van der Waals surface area contributed by atoms with Gasteiger partial charge in [-0.25, -0.2) is 12.1 Å². The number of rotatable bonds is 4. The molecule has 3 heteroatoms. The molecule has 0 radical (unpaired) electrons. The van der Waals surface area contributed by atoms with Crippen molar-refractivity contribution >= 4 is 3.26 Å². The van der Waals surface area contributed by atoms with E-state index in [1.54, 1.807) is 3.26 Å². The van der Waals surface area contributed by atoms with Gasteiger partial charge in [-0.2, -0.15) is 48.0 Å². The molecule has 0 bridgehead atoms. The maximum atomic E-state index is 3.30. The number of benzene rings is 2. The van der Waals surface area contributed by atoms with E-state index < -0.39 is 0 Å². The molecule has 0 fully saturated rings. The molecule has 0 saturated carbocycles. The van der Waals surface area contributed by atoms with Crippen LogP contribution < -0.4 is 24.8 Å². The van der Waals surface area contributed by atoms with E-state index in [0.29, 0.717) is 0 Å². The Hall–Kier alpha value is -0.890. The predicted octanol–water partition coefficient (Wildman–Crippen LogP) is 1.27. The fourth-order valence-electron chi connectivity index (χ4n) is 3.39. The fraction of sp³-hybridized carbons (Fsp3) is 0.333. The Bertz CT molecular complexity index is 763. The van der Waals surface area contributed by atoms with Crippen LogP contribution in [-0.2, 0) is 30.3 Å². The maximum Gasteiger partial charge on any atom is -0.0253 e. The van der Waals surface area contributed by atoms with E-state index in [2.05, 4.69) is 70.2 Å². The molecule has 0 saturated heterocycles. The van der Waals surface area contributed by atoms with Gasteiger partial charge >= 0.3 is 79.5 Å². The number of hydrogen-bond donors (Lipinski definition) is 0. The monoisotopic (exact) mass is 606 g/mol. The topological polar surface area (TPSA) is 0 Å². The molecule has 3 aromatic rings. The molecule has 1 aliphatic rings. The molecule has 0 N–H and O–H groups in total. The summed E-state index contributed by atoms with van der Waals surface area (Å²) in [6.45, 7) is 9.22. The van der Waals surface area contributed by atoms with Crippen LogP contribution in [0, 0.1) is 17.9 Å². The molecule has 0 amide bonds. The Kier molecular flexibility index (Phi) is 15.4. The van der Waals surface area contributed by atoms with E-state index >= 15 is 0 Å². The average Bonchev–Trinajstić information content (AvgIpc) is 3.32. The quantitative estimate of drug-likeness (QED) is 0.243. The van der Waals surface area contributed by atoms with Crippen LogP contribution in [0.3, 0.4) is 0 Å². The van der Waals surface area contributed by atoms with Crippen LogP contribution in [0.4, 0.5) is 0 Å². The van der Waals surface area contributed by atoms with Crippen molar-refractivity contribution in [2.24, 2.45) is 11.8 Å². The van der Waals surface area contributed by atoms with Crippen molar-refractivity contribution in [1.82, 2.24) is 0 Å². The Morgan fingerprint density at radius 2 is 1.43 bits per heavy atom. The zero-order chi connectivity index (χ0) is 20.4. The van der Waals surface area contributed by atoms with E-state index in [1.807, 2.05) is 36.4 Å². The van der Waals surface area contributed by atoms with Gasteiger partial charge in [-0.05, 0) is 6.42 Å². The molecule has 0 aliphatic heterocycles. The number of halogens is 2. The number of fused-ring (bicyclic) bond motifs is 3. The van der Waals surface area contributed by atoms with E-state index in [1.165, 1.54) is 59.0 Å². The number of hydrogen-bond acceptors (Lipinski definition) is 0. The first-order chi connectivity index (χ1) is 13.5. The van der Waals surface area contributed by atoms with Gasteiger partial charge in [-0.1, -0.05) is 35.4 Å². The molecule has 4 rings (SSSR count). The third-order valence-electron chi connectivity index (χ3n) is 4.48. The summed E-state index contributed by atoms with van der Waals surface area (Å²) in [5.74, 6) is 1.73. The van der Waals surface area contributed by atoms with Crippen molar-refractivity contribution in [3.63, 3.8) is 0 Å². The predicted molar refractivity (Wildman–Crippen MR) is 119 cm³/mol. The van der Waals surface area contributed by atoms with Crippen molar-refractivity contribution in [3.8, 4) is 11.1 Å². The van der Waals surface area contributed by atoms with Gasteiger partial charge in [0.15, 0.2) is 0 Å². The molecular weight excluding hydrogens is 574 g/mol. The maximum absolute atomic E-state index is 3.30. The summed E-state index contributed by atoms with van der Waals surface area (Å²) < 4.78 is 1.80. The summed E-state index contributed by atoms with van der Waals surface area (Å²) in [6.07, 6.45) is 3.78. The third kappa shape index (κ3) is 10.4. The van der Waals surface area contributed by atoms with E-state index in [0.717, 1.165) is 18.3 Å². The molecule has 0 spiro atoms. The third-order valence-corrected chi connectivity index (χ3v) is 5.95. The van der Waals surface area contributed by atoms with Crippen LogP contribution in [0.25, 0.3) is 11.1 Å². The average molecular weight is 606 g/mol. The fourth-order valence-corrected chi connectivity index (χ4v) is 6.32. The largest absolute Gasteiger partial charge is 1.00 e. The normalized spacial score (nSPS) is 10.4. The second-order valence-electron chi connectivity index (χ2n) is 8.16. The summed E-state index contributed by atoms with van der Waals surface area (Å²) in [4.78, 5) is 0. The van der Waals surface area contributed by atoms with Gasteiger partial charge in [-0.15, -0.1) is 5.56 Å². The minimum absolute atomic E-state index is 0. The standard InChI is InChI=1S/C13H9.C9H18.C5H5.2ClH.Hf/c1-3-7-12-10(5-1)9-11-6-2-4-8-13(11)12;1-8(2)6-5-7-9(3)4;1-2-4-5-3-1;;;/h1-5,7-8H,9H2;8-9H,6-7H2,1-4H3;1-5H;2*1H;/q-1;;-1;;;+2/p-2. The zero-order valence-electron chi connectivity index (χ0n) is 18.5. The molecule has 0 unspecified atom stereocenters. The minimum atomic E-state index is 0. The van der Waals surface area contributed by atoms with Crippen LogP contribution in [0.2, 0.25) is 0 Å². The van der Waals surface area contributed by atoms with E-state index in [-0.39, 0.29) is 24.8 Å². The molecule has 3 aromatic carbocycles. The van der Waals surface area contributed by atoms with Gasteiger partial charge in [0.25, 0.3) is 0 Å². The van der Waals surface area contributed by atoms with Crippen LogP contribution in [0.5, 0.6) is 0 Å². The molecular formula is C27H32Cl2Hf-2. The molecule has 1 aliphatic carbocycles. The first-order valence-electron chi connectivity index (χ1n) is 10.3. The van der Waals surface area contributed by atoms with Crippen LogP contribution in [0.1, 0.15) is 51.7 Å². The molecule has 0 heterocycles. The van der Waals surface area contributed by atoms with Crippen LogP contribution in [-0.4, -0.2) is 3.26 Å². The Morgan fingerprint density at radius 3 is 1.97 bits per heavy atom. The molecule has 0 nitrogen and oxygen atoms in total. The smallest absolute Gasteiger partial charge is 0.0253 e. The van der Waals surface area contributed by atoms with Crippen molar-refractivity contribution in [2.45, 2.75) is 47.0 Å². The minimum Gasteiger partial charge on any atom is -1.00 e. The van der Waals surface area contributed by atoms with Crippen LogP contribution in [0.15, 0.2) is 72.8 Å². The Balaban J connectivity index is 0.000000444. The summed E-state index contributed by atoms with van der Waals surface area (Å²) >= 11 is 1.30. The SMILES string of the molecule is CC(C)C[C](=[Hf+2])CC(C)C.[Cl-].[Cl-].[c-]1cccc2c1Cc1ccccc1-2.c1cc[cH-]c1. The van der Waals surface area contributed by atoms with Crippen molar-refractivity contribution in [3.05, 3.63) is 90.0 Å². The second kappa shape index (κ2) is 15.8. The van der Waals surface area contributed by atoms with Gasteiger partial charge in [0.1, 0.15) is 0 Å². The molecule has 160 valence electrons. The zero-order valence-corrected chi connectivity index (χ0v) is 23.6. The van der Waals surface area contributed by atoms with Gasteiger partial charge < -0.3 is 24.8 Å². The van der Waals surface area contributed by atoms with E-state index in [9.17, 15) is 0 Å². The van der Waals surface area contributed by atoms with Gasteiger partial charge in [-0.3, -0.25) is 0 Å². The van der Waals surface area contributed by atoms with E-state index in [4.69, 9.17) is 0 Å².